The largest absolute Gasteiger partial charge is 0.322 e. The highest BCUT2D eigenvalue weighted by Crippen LogP contribution is 2.33. The van der Waals surface area contributed by atoms with Gasteiger partial charge in [-0.15, -0.1) is 0 Å². The normalized spacial score (nSPS) is 19.9. The van der Waals surface area contributed by atoms with Crippen molar-refractivity contribution in [1.82, 2.24) is 19.2 Å². The van der Waals surface area contributed by atoms with Gasteiger partial charge in [0.05, 0.1) is 11.4 Å². The molecule has 0 aliphatic carbocycles. The van der Waals surface area contributed by atoms with Gasteiger partial charge in [-0.05, 0) is 61.4 Å². The van der Waals surface area contributed by atoms with Crippen molar-refractivity contribution in [1.29, 1.82) is 0 Å². The van der Waals surface area contributed by atoms with Gasteiger partial charge in [-0.1, -0.05) is 41.4 Å². The zero-order valence-electron chi connectivity index (χ0n) is 19.1. The van der Waals surface area contributed by atoms with E-state index in [2.05, 4.69) is 20.8 Å². The zero-order chi connectivity index (χ0) is 23.9. The van der Waals surface area contributed by atoms with E-state index in [4.69, 9.17) is 28.2 Å². The van der Waals surface area contributed by atoms with E-state index in [1.54, 1.807) is 12.1 Å². The van der Waals surface area contributed by atoms with Crippen LogP contribution in [0.2, 0.25) is 10.0 Å². The van der Waals surface area contributed by atoms with E-state index < -0.39 is 0 Å². The van der Waals surface area contributed by atoms with Crippen LogP contribution in [0.25, 0.3) is 16.9 Å². The van der Waals surface area contributed by atoms with Crippen LogP contribution in [0.15, 0.2) is 72.9 Å². The number of hydrogen-bond acceptors (Lipinski definition) is 3. The van der Waals surface area contributed by atoms with Gasteiger partial charge in [0.1, 0.15) is 5.65 Å². The van der Waals surface area contributed by atoms with Crippen LogP contribution in [0.4, 0.5) is 10.5 Å². The molecular formula is C27H25Cl2N5O. The number of amides is 2. The second kappa shape index (κ2) is 9.19. The summed E-state index contributed by atoms with van der Waals surface area (Å²) in [5.41, 5.74) is 4.87. The molecule has 0 saturated carbocycles. The molecule has 0 radical (unpaired) electrons. The molecule has 2 aliphatic rings. The minimum Gasteiger partial charge on any atom is -0.316 e. The Bertz CT molecular complexity index is 1350. The van der Waals surface area contributed by atoms with Crippen molar-refractivity contribution >= 4 is 40.6 Å². The average Bonchev–Trinajstić information content (AvgIpc) is 3.35. The van der Waals surface area contributed by atoms with Gasteiger partial charge in [-0.2, -0.15) is 0 Å². The summed E-state index contributed by atoms with van der Waals surface area (Å²) < 4.78 is 2.17. The number of carbonyl (C=O) groups excluding carboxylic acids is 1. The van der Waals surface area contributed by atoms with E-state index in [1.807, 2.05) is 59.5 Å². The van der Waals surface area contributed by atoms with Crippen LogP contribution in [-0.4, -0.2) is 50.4 Å². The standard InChI is InChI=1S/C27H25Cl2N5O/c28-19-6-4-18(5-7-19)26-24(33-14-2-1-3-25(33)31-26)17-32-15-22-12-13-23(16-32)34(22)27(35)30-21-10-8-20(29)9-11-21/h1-11,14,22-23H,12-13,15-17H2,(H,30,35). The van der Waals surface area contributed by atoms with Crippen molar-refractivity contribution in [2.75, 3.05) is 18.4 Å². The number of imidazole rings is 1. The van der Waals surface area contributed by atoms with Gasteiger partial charge in [-0.25, -0.2) is 9.78 Å². The second-order valence-corrected chi connectivity index (χ2v) is 10.1. The number of urea groups is 1. The summed E-state index contributed by atoms with van der Waals surface area (Å²) in [6, 6.07) is 21.5. The van der Waals surface area contributed by atoms with Crippen molar-refractivity contribution in [2.24, 2.45) is 0 Å². The van der Waals surface area contributed by atoms with Crippen molar-refractivity contribution in [3.63, 3.8) is 0 Å². The molecule has 8 heteroatoms. The van der Waals surface area contributed by atoms with Gasteiger partial charge in [0.25, 0.3) is 0 Å². The number of halogens is 2. The predicted molar refractivity (Wildman–Crippen MR) is 140 cm³/mol. The summed E-state index contributed by atoms with van der Waals surface area (Å²) in [6.07, 6.45) is 4.11. The smallest absolute Gasteiger partial charge is 0.316 e. The molecule has 2 atom stereocenters. The molecule has 6 nitrogen and oxygen atoms in total. The zero-order valence-corrected chi connectivity index (χ0v) is 20.6. The first kappa shape index (κ1) is 22.4. The van der Waals surface area contributed by atoms with Crippen LogP contribution in [0, 0.1) is 0 Å². The molecule has 4 aromatic rings. The number of fused-ring (bicyclic) bond motifs is 3. The maximum absolute atomic E-state index is 13.1. The van der Waals surface area contributed by atoms with E-state index in [1.165, 1.54) is 0 Å². The highest BCUT2D eigenvalue weighted by molar-refractivity contribution is 6.30. The Balaban J connectivity index is 1.23. The Kier molecular flexibility index (Phi) is 5.88. The maximum atomic E-state index is 13.1. The molecule has 1 N–H and O–H groups in total. The Morgan fingerprint density at radius 3 is 2.26 bits per heavy atom. The summed E-state index contributed by atoms with van der Waals surface area (Å²) in [5, 5.41) is 4.41. The number of nitrogens with one attached hydrogen (secondary N) is 1. The molecule has 2 amide bonds. The van der Waals surface area contributed by atoms with Gasteiger partial charge in [0.15, 0.2) is 0 Å². The van der Waals surface area contributed by atoms with Crippen LogP contribution in [0.3, 0.4) is 0 Å². The fourth-order valence-corrected chi connectivity index (χ4v) is 5.67. The lowest BCUT2D eigenvalue weighted by atomic mass is 10.1. The van der Waals surface area contributed by atoms with E-state index in [0.29, 0.717) is 10.0 Å². The second-order valence-electron chi connectivity index (χ2n) is 9.27. The average molecular weight is 506 g/mol. The number of rotatable bonds is 4. The minimum absolute atomic E-state index is 0.0314. The number of aromatic nitrogens is 2. The van der Waals surface area contributed by atoms with Crippen LogP contribution < -0.4 is 5.32 Å². The van der Waals surface area contributed by atoms with E-state index in [9.17, 15) is 4.79 Å². The Labute approximate surface area is 214 Å². The first-order valence-corrected chi connectivity index (χ1v) is 12.6. The number of carbonyl (C=O) groups is 1. The van der Waals surface area contributed by atoms with E-state index in [-0.39, 0.29) is 18.1 Å². The van der Waals surface area contributed by atoms with Crippen LogP contribution in [-0.2, 0) is 6.54 Å². The maximum Gasteiger partial charge on any atom is 0.322 e. The monoisotopic (exact) mass is 505 g/mol. The number of pyridine rings is 1. The Morgan fingerprint density at radius 2 is 1.57 bits per heavy atom. The minimum atomic E-state index is -0.0314. The molecule has 35 heavy (non-hydrogen) atoms. The fourth-order valence-electron chi connectivity index (χ4n) is 5.42. The van der Waals surface area contributed by atoms with Crippen molar-refractivity contribution in [3.05, 3.63) is 88.7 Å². The van der Waals surface area contributed by atoms with Gasteiger partial charge in [0.2, 0.25) is 0 Å². The number of likely N-dealkylation sites (tertiary alicyclic amines) is 1. The molecule has 0 spiro atoms. The summed E-state index contributed by atoms with van der Waals surface area (Å²) >= 11 is 12.1. The van der Waals surface area contributed by atoms with E-state index >= 15 is 0 Å². The van der Waals surface area contributed by atoms with Crippen molar-refractivity contribution in [2.45, 2.75) is 31.5 Å². The van der Waals surface area contributed by atoms with Gasteiger partial charge < -0.3 is 14.6 Å². The molecule has 2 aliphatic heterocycles. The molecule has 2 bridgehead atoms. The fraction of sp³-hybridized carbons (Fsp3) is 0.259. The molecule has 4 heterocycles. The quantitative estimate of drug-likeness (QED) is 0.359. The molecular weight excluding hydrogens is 481 g/mol. The molecule has 2 aromatic heterocycles. The molecule has 2 aromatic carbocycles. The molecule has 2 saturated heterocycles. The number of benzene rings is 2. The van der Waals surface area contributed by atoms with Crippen molar-refractivity contribution in [3.8, 4) is 11.3 Å². The van der Waals surface area contributed by atoms with Crippen LogP contribution >= 0.6 is 23.2 Å². The van der Waals surface area contributed by atoms with E-state index in [0.717, 1.165) is 60.8 Å². The molecule has 2 fully saturated rings. The van der Waals surface area contributed by atoms with Gasteiger partial charge in [0, 0.05) is 59.2 Å². The lowest BCUT2D eigenvalue weighted by Crippen LogP contribution is -2.56. The number of anilines is 1. The first-order chi connectivity index (χ1) is 17.0. The first-order valence-electron chi connectivity index (χ1n) is 11.8. The third-order valence-corrected chi connectivity index (χ3v) is 7.51. The highest BCUT2D eigenvalue weighted by Gasteiger charge is 2.42. The number of hydrogen-bond donors (Lipinski definition) is 1. The summed E-state index contributed by atoms with van der Waals surface area (Å²) in [5.74, 6) is 0. The van der Waals surface area contributed by atoms with Crippen molar-refractivity contribution < 1.29 is 4.79 Å². The summed E-state index contributed by atoms with van der Waals surface area (Å²) in [4.78, 5) is 22.6. The Morgan fingerprint density at radius 1 is 0.914 bits per heavy atom. The number of nitrogens with zero attached hydrogens (tertiary/aromatic N) is 4. The lowest BCUT2D eigenvalue weighted by Gasteiger charge is -2.41. The molecule has 2 unspecified atom stereocenters. The van der Waals surface area contributed by atoms with Crippen LogP contribution in [0.1, 0.15) is 18.5 Å². The van der Waals surface area contributed by atoms with Gasteiger partial charge >= 0.3 is 6.03 Å². The highest BCUT2D eigenvalue weighted by atomic mass is 35.5. The number of piperazine rings is 1. The Hall–Kier alpha value is -3.06. The SMILES string of the molecule is O=C(Nc1ccc(Cl)cc1)N1C2CCC1CN(Cc1c(-c3ccc(Cl)cc3)nc3ccccn13)C2. The predicted octanol–water partition coefficient (Wildman–Crippen LogP) is 6.19. The third-order valence-electron chi connectivity index (χ3n) is 7.01. The summed E-state index contributed by atoms with van der Waals surface area (Å²) in [7, 11) is 0. The third kappa shape index (κ3) is 4.38. The molecule has 6 rings (SSSR count). The lowest BCUT2D eigenvalue weighted by molar-refractivity contribution is 0.0894. The van der Waals surface area contributed by atoms with Gasteiger partial charge in [-0.3, -0.25) is 4.90 Å². The van der Waals surface area contributed by atoms with Crippen LogP contribution in [0.5, 0.6) is 0 Å². The summed E-state index contributed by atoms with van der Waals surface area (Å²) in [6.45, 7) is 2.44. The topological polar surface area (TPSA) is 52.9 Å². The molecule has 178 valence electrons.